The molecule has 1 N–H and O–H groups in total. The van der Waals surface area contributed by atoms with E-state index in [-0.39, 0.29) is 0 Å². The molecule has 2 aromatic rings. The van der Waals surface area contributed by atoms with Crippen LogP contribution >= 0.6 is 0 Å². The van der Waals surface area contributed by atoms with Crippen LogP contribution < -0.4 is 5.32 Å². The van der Waals surface area contributed by atoms with Crippen molar-refractivity contribution in [1.82, 2.24) is 15.2 Å². The number of hydrogen-bond donors (Lipinski definition) is 1. The molecule has 3 heteroatoms. The molecule has 1 saturated carbocycles. The maximum absolute atomic E-state index is 4.18. The molecule has 0 aliphatic heterocycles. The Hall–Kier alpha value is -1.45. The maximum atomic E-state index is 4.18. The van der Waals surface area contributed by atoms with Crippen molar-refractivity contribution in [2.75, 3.05) is 13.6 Å². The molecule has 106 valence electrons. The highest BCUT2D eigenvalue weighted by Crippen LogP contribution is 2.26. The van der Waals surface area contributed by atoms with E-state index in [1.165, 1.54) is 29.2 Å². The molecule has 1 aliphatic rings. The molecule has 0 spiro atoms. The third kappa shape index (κ3) is 3.00. The molecule has 1 aromatic heterocycles. The lowest BCUT2D eigenvalue weighted by Crippen LogP contribution is -2.38. The molecule has 20 heavy (non-hydrogen) atoms. The minimum atomic E-state index is 0.596. The van der Waals surface area contributed by atoms with Gasteiger partial charge < -0.3 is 5.32 Å². The van der Waals surface area contributed by atoms with E-state index >= 15 is 0 Å². The number of benzene rings is 1. The maximum Gasteiger partial charge on any atom is 0.0346 e. The number of aromatic nitrogens is 1. The third-order valence-electron chi connectivity index (χ3n) is 4.34. The van der Waals surface area contributed by atoms with Crippen molar-refractivity contribution < 1.29 is 0 Å². The molecular formula is C17H23N3. The lowest BCUT2D eigenvalue weighted by atomic mass is 10.1. The Labute approximate surface area is 121 Å². The lowest BCUT2D eigenvalue weighted by Gasteiger charge is -2.24. The predicted octanol–water partition coefficient (Wildman–Crippen LogP) is 2.81. The molecular weight excluding hydrogens is 246 g/mol. The van der Waals surface area contributed by atoms with Gasteiger partial charge in [-0.25, -0.2) is 0 Å². The second-order valence-electron chi connectivity index (χ2n) is 5.89. The van der Waals surface area contributed by atoms with Crippen molar-refractivity contribution >= 4 is 10.8 Å². The summed E-state index contributed by atoms with van der Waals surface area (Å²) in [7, 11) is 2.24. The molecule has 1 atom stereocenters. The van der Waals surface area contributed by atoms with Crippen molar-refractivity contribution in [2.45, 2.75) is 38.4 Å². The zero-order valence-electron chi connectivity index (χ0n) is 12.3. The Balaban J connectivity index is 1.59. The van der Waals surface area contributed by atoms with Crippen LogP contribution in [0.5, 0.6) is 0 Å². The van der Waals surface area contributed by atoms with E-state index in [1.54, 1.807) is 0 Å². The normalized spacial score (nSPS) is 16.8. The number of hydrogen-bond acceptors (Lipinski definition) is 3. The van der Waals surface area contributed by atoms with Gasteiger partial charge in [0.05, 0.1) is 0 Å². The van der Waals surface area contributed by atoms with Gasteiger partial charge >= 0.3 is 0 Å². The zero-order valence-corrected chi connectivity index (χ0v) is 12.3. The van der Waals surface area contributed by atoms with Crippen molar-refractivity contribution in [1.29, 1.82) is 0 Å². The van der Waals surface area contributed by atoms with E-state index < -0.39 is 0 Å². The first-order valence-electron chi connectivity index (χ1n) is 7.50. The summed E-state index contributed by atoms with van der Waals surface area (Å²) in [6.45, 7) is 4.26. The van der Waals surface area contributed by atoms with E-state index in [2.05, 4.69) is 53.4 Å². The summed E-state index contributed by atoms with van der Waals surface area (Å²) in [4.78, 5) is 6.68. The number of pyridine rings is 1. The molecule has 1 aromatic carbocycles. The Morgan fingerprint density at radius 1 is 1.35 bits per heavy atom. The van der Waals surface area contributed by atoms with E-state index in [4.69, 9.17) is 0 Å². The number of rotatable bonds is 6. The molecule has 3 nitrogen and oxygen atoms in total. The molecule has 1 unspecified atom stereocenters. The monoisotopic (exact) mass is 269 g/mol. The Bertz CT molecular complexity index is 572. The van der Waals surface area contributed by atoms with Crippen LogP contribution in [0.3, 0.4) is 0 Å². The molecule has 3 rings (SSSR count). The second-order valence-corrected chi connectivity index (χ2v) is 5.89. The third-order valence-corrected chi connectivity index (χ3v) is 4.34. The first-order valence-corrected chi connectivity index (χ1v) is 7.50. The summed E-state index contributed by atoms with van der Waals surface area (Å²) >= 11 is 0. The average Bonchev–Trinajstić information content (AvgIpc) is 3.31. The van der Waals surface area contributed by atoms with Crippen LogP contribution in [-0.2, 0) is 6.54 Å². The van der Waals surface area contributed by atoms with Gasteiger partial charge in [-0.2, -0.15) is 0 Å². The Morgan fingerprint density at radius 3 is 3.00 bits per heavy atom. The Kier molecular flexibility index (Phi) is 3.99. The van der Waals surface area contributed by atoms with E-state index in [9.17, 15) is 0 Å². The van der Waals surface area contributed by atoms with Crippen LogP contribution in [0.2, 0.25) is 0 Å². The standard InChI is InChI=1S/C17H23N3/c1-13(20(2)16-6-7-16)10-19-12-15-5-3-4-14-11-18-9-8-17(14)15/h3-5,8-9,11,13,16,19H,6-7,10,12H2,1-2H3. The van der Waals surface area contributed by atoms with Gasteiger partial charge in [0.25, 0.3) is 0 Å². The summed E-state index contributed by atoms with van der Waals surface area (Å²) in [5.41, 5.74) is 1.35. The molecule has 1 heterocycles. The van der Waals surface area contributed by atoms with Crippen molar-refractivity contribution in [3.05, 3.63) is 42.2 Å². The SMILES string of the molecule is CC(CNCc1cccc2cnccc12)N(C)C1CC1. The topological polar surface area (TPSA) is 28.2 Å². The highest BCUT2D eigenvalue weighted by molar-refractivity contribution is 5.84. The van der Waals surface area contributed by atoms with E-state index in [0.29, 0.717) is 6.04 Å². The second kappa shape index (κ2) is 5.90. The van der Waals surface area contributed by atoms with Crippen molar-refractivity contribution in [2.24, 2.45) is 0 Å². The van der Waals surface area contributed by atoms with Gasteiger partial charge in [0, 0.05) is 43.0 Å². The van der Waals surface area contributed by atoms with Crippen LogP contribution in [0.1, 0.15) is 25.3 Å². The predicted molar refractivity (Wildman–Crippen MR) is 83.7 cm³/mol. The van der Waals surface area contributed by atoms with Crippen LogP contribution in [0.4, 0.5) is 0 Å². The molecule has 1 aliphatic carbocycles. The first kappa shape index (κ1) is 13.5. The highest BCUT2D eigenvalue weighted by atomic mass is 15.2. The molecule has 0 saturated heterocycles. The van der Waals surface area contributed by atoms with Crippen molar-refractivity contribution in [3.63, 3.8) is 0 Å². The van der Waals surface area contributed by atoms with Crippen LogP contribution in [0, 0.1) is 0 Å². The largest absolute Gasteiger partial charge is 0.311 e. The van der Waals surface area contributed by atoms with Crippen LogP contribution in [0.25, 0.3) is 10.8 Å². The summed E-state index contributed by atoms with van der Waals surface area (Å²) in [6.07, 6.45) is 6.55. The number of likely N-dealkylation sites (N-methyl/N-ethyl adjacent to an activating group) is 1. The highest BCUT2D eigenvalue weighted by Gasteiger charge is 2.28. The Morgan fingerprint density at radius 2 is 2.20 bits per heavy atom. The van der Waals surface area contributed by atoms with Gasteiger partial charge in [-0.15, -0.1) is 0 Å². The van der Waals surface area contributed by atoms with E-state index in [1.807, 2.05) is 12.4 Å². The lowest BCUT2D eigenvalue weighted by molar-refractivity contribution is 0.241. The summed E-state index contributed by atoms with van der Waals surface area (Å²) < 4.78 is 0. The van der Waals surface area contributed by atoms with Crippen molar-refractivity contribution in [3.8, 4) is 0 Å². The fraction of sp³-hybridized carbons (Fsp3) is 0.471. The molecule has 0 amide bonds. The van der Waals surface area contributed by atoms with Gasteiger partial charge in [0.15, 0.2) is 0 Å². The van der Waals surface area contributed by atoms with Gasteiger partial charge in [-0.1, -0.05) is 18.2 Å². The van der Waals surface area contributed by atoms with Crippen LogP contribution in [0.15, 0.2) is 36.7 Å². The van der Waals surface area contributed by atoms with Crippen LogP contribution in [-0.4, -0.2) is 35.6 Å². The first-order chi connectivity index (χ1) is 9.75. The number of fused-ring (bicyclic) bond motifs is 1. The average molecular weight is 269 g/mol. The fourth-order valence-electron chi connectivity index (χ4n) is 2.75. The van der Waals surface area contributed by atoms with E-state index in [0.717, 1.165) is 19.1 Å². The van der Waals surface area contributed by atoms with Gasteiger partial charge in [-0.3, -0.25) is 9.88 Å². The minimum absolute atomic E-state index is 0.596. The smallest absolute Gasteiger partial charge is 0.0346 e. The summed E-state index contributed by atoms with van der Waals surface area (Å²) in [5, 5.41) is 6.12. The summed E-state index contributed by atoms with van der Waals surface area (Å²) in [5.74, 6) is 0. The minimum Gasteiger partial charge on any atom is -0.311 e. The zero-order chi connectivity index (χ0) is 13.9. The quantitative estimate of drug-likeness (QED) is 0.874. The van der Waals surface area contributed by atoms with Gasteiger partial charge in [0.1, 0.15) is 0 Å². The van der Waals surface area contributed by atoms with Gasteiger partial charge in [0.2, 0.25) is 0 Å². The van der Waals surface area contributed by atoms with Gasteiger partial charge in [-0.05, 0) is 43.8 Å². The number of nitrogens with zero attached hydrogens (tertiary/aromatic N) is 2. The summed E-state index contributed by atoms with van der Waals surface area (Å²) in [6, 6.07) is 9.96. The number of nitrogens with one attached hydrogen (secondary N) is 1. The molecule has 1 fully saturated rings. The molecule has 0 bridgehead atoms. The fourth-order valence-corrected chi connectivity index (χ4v) is 2.75. The molecule has 0 radical (unpaired) electrons.